The first-order chi connectivity index (χ1) is 10.6. The van der Waals surface area contributed by atoms with Crippen molar-refractivity contribution in [2.45, 2.75) is 38.9 Å². The van der Waals surface area contributed by atoms with Crippen LogP contribution in [0.5, 0.6) is 0 Å². The molecule has 5 heteroatoms. The maximum absolute atomic E-state index is 13.1. The largest absolute Gasteiger partial charge is 0.367 e. The summed E-state index contributed by atoms with van der Waals surface area (Å²) in [6, 6.07) is 6.56. The van der Waals surface area contributed by atoms with Gasteiger partial charge >= 0.3 is 0 Å². The van der Waals surface area contributed by atoms with Gasteiger partial charge in [-0.2, -0.15) is 0 Å². The molecule has 4 nitrogen and oxygen atoms in total. The van der Waals surface area contributed by atoms with E-state index >= 15 is 0 Å². The molecule has 0 amide bonds. The van der Waals surface area contributed by atoms with E-state index in [-0.39, 0.29) is 18.0 Å². The quantitative estimate of drug-likeness (QED) is 0.528. The van der Waals surface area contributed by atoms with Crippen molar-refractivity contribution in [1.82, 2.24) is 10.2 Å². The Bertz CT molecular complexity index is 489. The van der Waals surface area contributed by atoms with E-state index in [4.69, 9.17) is 4.74 Å². The van der Waals surface area contributed by atoms with Crippen molar-refractivity contribution in [1.29, 1.82) is 0 Å². The zero-order chi connectivity index (χ0) is 15.9. The third-order valence-corrected chi connectivity index (χ3v) is 3.83. The topological polar surface area (TPSA) is 36.9 Å². The van der Waals surface area contributed by atoms with Crippen LogP contribution in [-0.2, 0) is 4.74 Å². The summed E-state index contributed by atoms with van der Waals surface area (Å²) in [7, 11) is 1.81. The van der Waals surface area contributed by atoms with E-state index in [2.05, 4.69) is 29.1 Å². The molecule has 0 radical (unpaired) electrons. The Labute approximate surface area is 132 Å². The molecule has 1 saturated heterocycles. The summed E-state index contributed by atoms with van der Waals surface area (Å²) in [6.07, 6.45) is 2.32. The van der Waals surface area contributed by atoms with Gasteiger partial charge in [-0.1, -0.05) is 25.5 Å². The van der Waals surface area contributed by atoms with Crippen LogP contribution >= 0.6 is 0 Å². The lowest BCUT2D eigenvalue weighted by atomic mass is 10.1. The van der Waals surface area contributed by atoms with Crippen LogP contribution in [0, 0.1) is 5.82 Å². The van der Waals surface area contributed by atoms with Gasteiger partial charge in [-0.05, 0) is 31.0 Å². The summed E-state index contributed by atoms with van der Waals surface area (Å²) >= 11 is 0. The number of morpholine rings is 1. The second kappa shape index (κ2) is 8.13. The summed E-state index contributed by atoms with van der Waals surface area (Å²) in [6.45, 7) is 6.69. The number of unbranched alkanes of at least 4 members (excludes halogenated alkanes) is 1. The molecule has 0 saturated carbocycles. The van der Waals surface area contributed by atoms with Crippen LogP contribution in [0.15, 0.2) is 29.3 Å². The first kappa shape index (κ1) is 16.7. The van der Waals surface area contributed by atoms with Crippen LogP contribution < -0.4 is 5.32 Å². The molecule has 1 heterocycles. The van der Waals surface area contributed by atoms with Crippen LogP contribution in [0.4, 0.5) is 4.39 Å². The molecule has 1 aliphatic heterocycles. The molecule has 1 N–H and O–H groups in total. The van der Waals surface area contributed by atoms with Crippen molar-refractivity contribution in [3.63, 3.8) is 0 Å². The molecule has 0 aromatic heterocycles. The number of nitrogens with one attached hydrogen (secondary N) is 1. The predicted molar refractivity (Wildman–Crippen MR) is 87.5 cm³/mol. The zero-order valence-corrected chi connectivity index (χ0v) is 13.7. The lowest BCUT2D eigenvalue weighted by Gasteiger charge is -2.38. The Morgan fingerprint density at radius 2 is 2.09 bits per heavy atom. The highest BCUT2D eigenvalue weighted by Gasteiger charge is 2.28. The summed E-state index contributed by atoms with van der Waals surface area (Å²) in [5, 5.41) is 3.40. The molecule has 1 aromatic rings. The Hall–Kier alpha value is -1.62. The van der Waals surface area contributed by atoms with Crippen molar-refractivity contribution in [2.75, 3.05) is 26.7 Å². The first-order valence-corrected chi connectivity index (χ1v) is 8.00. The Kier molecular flexibility index (Phi) is 6.19. The lowest BCUT2D eigenvalue weighted by molar-refractivity contribution is -0.0605. The van der Waals surface area contributed by atoms with E-state index in [0.717, 1.165) is 44.0 Å². The third kappa shape index (κ3) is 4.44. The Balaban J connectivity index is 2.05. The van der Waals surface area contributed by atoms with Gasteiger partial charge in [0.1, 0.15) is 11.9 Å². The van der Waals surface area contributed by atoms with Crippen LogP contribution in [0.3, 0.4) is 0 Å². The van der Waals surface area contributed by atoms with Crippen molar-refractivity contribution in [3.05, 3.63) is 35.6 Å². The minimum absolute atomic E-state index is 0.0610. The maximum Gasteiger partial charge on any atom is 0.193 e. The van der Waals surface area contributed by atoms with E-state index in [1.165, 1.54) is 12.1 Å². The molecular weight excluding hydrogens is 281 g/mol. The average molecular weight is 307 g/mol. The SMILES string of the molecule is CCCCNC(=NC)N1CC(C)OC(c2ccc(F)cc2)C1. The molecule has 1 aliphatic rings. The van der Waals surface area contributed by atoms with Gasteiger partial charge in [0.25, 0.3) is 0 Å². The van der Waals surface area contributed by atoms with E-state index < -0.39 is 0 Å². The first-order valence-electron chi connectivity index (χ1n) is 8.00. The molecule has 1 fully saturated rings. The standard InChI is InChI=1S/C17H26FN3O/c1-4-5-10-20-17(19-3)21-11-13(2)22-16(12-21)14-6-8-15(18)9-7-14/h6-9,13,16H,4-5,10-12H2,1-3H3,(H,19,20). The smallest absolute Gasteiger partial charge is 0.193 e. The number of benzene rings is 1. The Morgan fingerprint density at radius 1 is 1.36 bits per heavy atom. The van der Waals surface area contributed by atoms with Gasteiger partial charge in [0, 0.05) is 20.1 Å². The minimum atomic E-state index is -0.221. The van der Waals surface area contributed by atoms with Gasteiger partial charge in [0.15, 0.2) is 5.96 Å². The van der Waals surface area contributed by atoms with Gasteiger partial charge in [-0.15, -0.1) is 0 Å². The van der Waals surface area contributed by atoms with Gasteiger partial charge in [0.2, 0.25) is 0 Å². The minimum Gasteiger partial charge on any atom is -0.367 e. The highest BCUT2D eigenvalue weighted by molar-refractivity contribution is 5.80. The molecule has 0 spiro atoms. The number of ether oxygens (including phenoxy) is 1. The molecule has 1 aromatic carbocycles. The summed E-state index contributed by atoms with van der Waals surface area (Å²) < 4.78 is 19.1. The highest BCUT2D eigenvalue weighted by atomic mass is 19.1. The number of nitrogens with zero attached hydrogens (tertiary/aromatic N) is 2. The van der Waals surface area contributed by atoms with Crippen LogP contribution in [-0.4, -0.2) is 43.6 Å². The second-order valence-corrected chi connectivity index (χ2v) is 5.72. The molecule has 2 atom stereocenters. The van der Waals surface area contributed by atoms with Gasteiger partial charge < -0.3 is 15.0 Å². The average Bonchev–Trinajstić information content (AvgIpc) is 2.52. The van der Waals surface area contributed by atoms with E-state index in [0.29, 0.717) is 0 Å². The maximum atomic E-state index is 13.1. The monoisotopic (exact) mass is 307 g/mol. The normalized spacial score (nSPS) is 22.7. The van der Waals surface area contributed by atoms with Crippen molar-refractivity contribution >= 4 is 5.96 Å². The van der Waals surface area contributed by atoms with E-state index in [9.17, 15) is 4.39 Å². The molecule has 2 rings (SSSR count). The summed E-state index contributed by atoms with van der Waals surface area (Å²) in [5.41, 5.74) is 1.00. The Morgan fingerprint density at radius 3 is 2.73 bits per heavy atom. The van der Waals surface area contributed by atoms with Crippen LogP contribution in [0.2, 0.25) is 0 Å². The van der Waals surface area contributed by atoms with Crippen molar-refractivity contribution in [3.8, 4) is 0 Å². The van der Waals surface area contributed by atoms with Crippen molar-refractivity contribution < 1.29 is 9.13 Å². The number of guanidine groups is 1. The third-order valence-electron chi connectivity index (χ3n) is 3.83. The fraction of sp³-hybridized carbons (Fsp3) is 0.588. The molecule has 22 heavy (non-hydrogen) atoms. The summed E-state index contributed by atoms with van der Waals surface area (Å²) in [5.74, 6) is 0.692. The van der Waals surface area contributed by atoms with Crippen molar-refractivity contribution in [2.24, 2.45) is 4.99 Å². The molecule has 2 unspecified atom stereocenters. The number of aliphatic imine (C=N–C) groups is 1. The summed E-state index contributed by atoms with van der Waals surface area (Å²) in [4.78, 5) is 6.60. The van der Waals surface area contributed by atoms with E-state index in [1.807, 2.05) is 0 Å². The number of halogens is 1. The molecule has 122 valence electrons. The van der Waals surface area contributed by atoms with Gasteiger partial charge in [-0.3, -0.25) is 4.99 Å². The molecular formula is C17H26FN3O. The van der Waals surface area contributed by atoms with Crippen LogP contribution in [0.25, 0.3) is 0 Å². The van der Waals surface area contributed by atoms with Gasteiger partial charge in [-0.25, -0.2) is 4.39 Å². The molecule has 0 aliphatic carbocycles. The predicted octanol–water partition coefficient (Wildman–Crippen LogP) is 2.96. The fourth-order valence-electron chi connectivity index (χ4n) is 2.70. The number of hydrogen-bond donors (Lipinski definition) is 1. The zero-order valence-electron chi connectivity index (χ0n) is 13.7. The second-order valence-electron chi connectivity index (χ2n) is 5.72. The lowest BCUT2D eigenvalue weighted by Crippen LogP contribution is -2.50. The molecule has 0 bridgehead atoms. The van der Waals surface area contributed by atoms with Gasteiger partial charge in [0.05, 0.1) is 12.6 Å². The number of hydrogen-bond acceptors (Lipinski definition) is 2. The highest BCUT2D eigenvalue weighted by Crippen LogP contribution is 2.25. The number of rotatable bonds is 4. The van der Waals surface area contributed by atoms with E-state index in [1.54, 1.807) is 19.2 Å². The van der Waals surface area contributed by atoms with Crippen LogP contribution in [0.1, 0.15) is 38.4 Å². The fourth-order valence-corrected chi connectivity index (χ4v) is 2.70.